The Kier molecular flexibility index (Phi) is 3.47. The number of aromatic amines is 1. The van der Waals surface area contributed by atoms with E-state index in [0.29, 0.717) is 5.82 Å². The summed E-state index contributed by atoms with van der Waals surface area (Å²) in [6, 6.07) is 1.14. The van der Waals surface area contributed by atoms with Gasteiger partial charge in [-0.15, -0.1) is 0 Å². The predicted octanol–water partition coefficient (Wildman–Crippen LogP) is 0.241. The van der Waals surface area contributed by atoms with E-state index in [0.717, 1.165) is 17.0 Å². The van der Waals surface area contributed by atoms with Crippen molar-refractivity contribution < 1.29 is 14.4 Å². The number of imide groups is 1. The van der Waals surface area contributed by atoms with Gasteiger partial charge in [0.15, 0.2) is 5.82 Å². The van der Waals surface area contributed by atoms with Crippen LogP contribution in [0.3, 0.4) is 0 Å². The molecule has 0 radical (unpaired) electrons. The van der Waals surface area contributed by atoms with E-state index in [2.05, 4.69) is 20.8 Å². The van der Waals surface area contributed by atoms with Gasteiger partial charge >= 0.3 is 6.03 Å². The molecule has 108 valence electrons. The average Bonchev–Trinajstić information content (AvgIpc) is 2.88. The van der Waals surface area contributed by atoms with E-state index in [1.54, 1.807) is 19.9 Å². The Morgan fingerprint density at radius 2 is 2.15 bits per heavy atom. The van der Waals surface area contributed by atoms with Gasteiger partial charge < -0.3 is 10.6 Å². The molecule has 20 heavy (non-hydrogen) atoms. The van der Waals surface area contributed by atoms with Crippen LogP contribution >= 0.6 is 0 Å². The summed E-state index contributed by atoms with van der Waals surface area (Å²) in [5.74, 6) is -0.521. The number of urea groups is 1. The number of aryl methyl sites for hydroxylation is 1. The fourth-order valence-electron chi connectivity index (χ4n) is 1.89. The molecule has 2 heterocycles. The first kappa shape index (κ1) is 14.0. The van der Waals surface area contributed by atoms with Crippen LogP contribution in [0, 0.1) is 0 Å². The number of H-pyrrole nitrogens is 1. The lowest BCUT2D eigenvalue weighted by Gasteiger charge is -2.15. The van der Waals surface area contributed by atoms with Crippen LogP contribution in [0.1, 0.15) is 26.5 Å². The Balaban J connectivity index is 1.98. The highest BCUT2D eigenvalue weighted by molar-refractivity contribution is 6.09. The first-order chi connectivity index (χ1) is 9.33. The van der Waals surface area contributed by atoms with E-state index in [-0.39, 0.29) is 6.54 Å². The monoisotopic (exact) mass is 279 g/mol. The van der Waals surface area contributed by atoms with Crippen molar-refractivity contribution in [3.8, 4) is 0 Å². The van der Waals surface area contributed by atoms with Crippen molar-refractivity contribution >= 4 is 23.7 Å². The van der Waals surface area contributed by atoms with Crippen molar-refractivity contribution in [1.29, 1.82) is 0 Å². The summed E-state index contributed by atoms with van der Waals surface area (Å²) in [7, 11) is 0. The van der Waals surface area contributed by atoms with Gasteiger partial charge in [0.1, 0.15) is 12.1 Å². The summed E-state index contributed by atoms with van der Waals surface area (Å²) in [4.78, 5) is 36.3. The SMILES string of the molecule is CCc1cc(NC(=O)CN2C(=O)NC(C)(C)C2=O)n[nH]1. The highest BCUT2D eigenvalue weighted by atomic mass is 16.2. The number of rotatable bonds is 4. The molecule has 1 aliphatic heterocycles. The third-order valence-electron chi connectivity index (χ3n) is 3.03. The number of aromatic nitrogens is 2. The Morgan fingerprint density at radius 1 is 1.45 bits per heavy atom. The minimum absolute atomic E-state index is 0.331. The largest absolute Gasteiger partial charge is 0.325 e. The molecular weight excluding hydrogens is 262 g/mol. The van der Waals surface area contributed by atoms with Crippen LogP contribution in [0.4, 0.5) is 10.6 Å². The molecule has 0 saturated carbocycles. The van der Waals surface area contributed by atoms with Crippen molar-refractivity contribution in [3.63, 3.8) is 0 Å². The van der Waals surface area contributed by atoms with E-state index in [1.807, 2.05) is 6.92 Å². The van der Waals surface area contributed by atoms with Gasteiger partial charge in [0.05, 0.1) is 0 Å². The van der Waals surface area contributed by atoms with Crippen molar-refractivity contribution in [3.05, 3.63) is 11.8 Å². The van der Waals surface area contributed by atoms with E-state index in [9.17, 15) is 14.4 Å². The van der Waals surface area contributed by atoms with Gasteiger partial charge in [0.2, 0.25) is 5.91 Å². The molecule has 1 aliphatic rings. The number of anilines is 1. The molecule has 0 spiro atoms. The zero-order chi connectivity index (χ0) is 14.9. The second-order valence-corrected chi connectivity index (χ2v) is 5.13. The maximum Gasteiger partial charge on any atom is 0.325 e. The Hall–Kier alpha value is -2.38. The molecule has 0 aliphatic carbocycles. The molecular formula is C12H17N5O3. The average molecular weight is 279 g/mol. The first-order valence-electron chi connectivity index (χ1n) is 6.31. The molecule has 2 rings (SSSR count). The predicted molar refractivity (Wildman–Crippen MR) is 70.9 cm³/mol. The fraction of sp³-hybridized carbons (Fsp3) is 0.500. The topological polar surface area (TPSA) is 107 Å². The molecule has 1 fully saturated rings. The Morgan fingerprint density at radius 3 is 2.65 bits per heavy atom. The second-order valence-electron chi connectivity index (χ2n) is 5.13. The second kappa shape index (κ2) is 4.95. The molecule has 0 unspecified atom stereocenters. The van der Waals surface area contributed by atoms with E-state index in [1.165, 1.54) is 0 Å². The molecule has 0 aromatic carbocycles. The highest BCUT2D eigenvalue weighted by Gasteiger charge is 2.44. The summed E-state index contributed by atoms with van der Waals surface area (Å²) in [6.45, 7) is 4.80. The standard InChI is InChI=1S/C12H17N5O3/c1-4-7-5-8(16-15-7)13-9(18)6-17-10(19)12(2,3)14-11(17)20/h5H,4,6H2,1-3H3,(H,14,20)(H2,13,15,16,18). The van der Waals surface area contributed by atoms with Gasteiger partial charge in [-0.3, -0.25) is 19.6 Å². The van der Waals surface area contributed by atoms with Crippen molar-refractivity contribution in [2.75, 3.05) is 11.9 Å². The lowest BCUT2D eigenvalue weighted by atomic mass is 10.1. The Labute approximate surface area is 115 Å². The third-order valence-corrected chi connectivity index (χ3v) is 3.03. The van der Waals surface area contributed by atoms with Gasteiger partial charge in [-0.25, -0.2) is 4.79 Å². The smallest absolute Gasteiger partial charge is 0.324 e. The van der Waals surface area contributed by atoms with Crippen LogP contribution in [0.2, 0.25) is 0 Å². The molecule has 8 nitrogen and oxygen atoms in total. The van der Waals surface area contributed by atoms with Crippen LogP contribution in [-0.2, 0) is 16.0 Å². The fourth-order valence-corrected chi connectivity index (χ4v) is 1.89. The minimum atomic E-state index is -0.973. The van der Waals surface area contributed by atoms with Crippen LogP contribution in [0.25, 0.3) is 0 Å². The summed E-state index contributed by atoms with van der Waals surface area (Å²) in [5, 5.41) is 11.7. The van der Waals surface area contributed by atoms with E-state index in [4.69, 9.17) is 0 Å². The molecule has 3 N–H and O–H groups in total. The molecule has 4 amide bonds. The summed E-state index contributed by atoms with van der Waals surface area (Å²) >= 11 is 0. The van der Waals surface area contributed by atoms with Crippen LogP contribution in [0.15, 0.2) is 6.07 Å². The maximum atomic E-state index is 11.9. The summed E-state index contributed by atoms with van der Waals surface area (Å²) in [6.07, 6.45) is 0.768. The lowest BCUT2D eigenvalue weighted by molar-refractivity contribution is -0.132. The molecule has 0 atom stereocenters. The van der Waals surface area contributed by atoms with Gasteiger partial charge in [-0.05, 0) is 20.3 Å². The van der Waals surface area contributed by atoms with E-state index < -0.39 is 23.4 Å². The third kappa shape index (κ3) is 2.63. The van der Waals surface area contributed by atoms with E-state index >= 15 is 0 Å². The number of nitrogens with one attached hydrogen (secondary N) is 3. The molecule has 0 bridgehead atoms. The van der Waals surface area contributed by atoms with Crippen LogP contribution in [0.5, 0.6) is 0 Å². The zero-order valence-corrected chi connectivity index (χ0v) is 11.6. The lowest BCUT2D eigenvalue weighted by Crippen LogP contribution is -2.41. The number of nitrogens with zero attached hydrogens (tertiary/aromatic N) is 2. The van der Waals surface area contributed by atoms with Gasteiger partial charge in [-0.2, -0.15) is 5.10 Å². The molecule has 1 aromatic heterocycles. The number of hydrogen-bond acceptors (Lipinski definition) is 4. The molecule has 1 aromatic rings. The Bertz CT molecular complexity index is 563. The van der Waals surface area contributed by atoms with Crippen LogP contribution in [-0.4, -0.2) is 45.0 Å². The minimum Gasteiger partial charge on any atom is -0.324 e. The van der Waals surface area contributed by atoms with Gasteiger partial charge in [0, 0.05) is 11.8 Å². The number of carbonyl (C=O) groups is 3. The number of hydrogen-bond donors (Lipinski definition) is 3. The summed E-state index contributed by atoms with van der Waals surface area (Å²) < 4.78 is 0. The maximum absolute atomic E-state index is 11.9. The van der Waals surface area contributed by atoms with Gasteiger partial charge in [-0.1, -0.05) is 6.92 Å². The van der Waals surface area contributed by atoms with Crippen molar-refractivity contribution in [2.45, 2.75) is 32.7 Å². The number of carbonyl (C=O) groups excluding carboxylic acids is 3. The number of amides is 4. The van der Waals surface area contributed by atoms with Crippen LogP contribution < -0.4 is 10.6 Å². The zero-order valence-electron chi connectivity index (χ0n) is 11.6. The highest BCUT2D eigenvalue weighted by Crippen LogP contribution is 2.16. The van der Waals surface area contributed by atoms with Crippen molar-refractivity contribution in [2.24, 2.45) is 0 Å². The quantitative estimate of drug-likeness (QED) is 0.686. The van der Waals surface area contributed by atoms with Crippen molar-refractivity contribution in [1.82, 2.24) is 20.4 Å². The molecule has 1 saturated heterocycles. The normalized spacial score (nSPS) is 17.2. The molecule has 8 heteroatoms. The summed E-state index contributed by atoms with van der Waals surface area (Å²) in [5.41, 5.74) is -0.0876. The van der Waals surface area contributed by atoms with Gasteiger partial charge in [0.25, 0.3) is 5.91 Å². The first-order valence-corrected chi connectivity index (χ1v) is 6.31.